The van der Waals surface area contributed by atoms with Crippen molar-refractivity contribution in [1.29, 1.82) is 0 Å². The van der Waals surface area contributed by atoms with E-state index in [4.69, 9.17) is 32.4 Å². The number of anilines is 1. The molecule has 1 amide bonds. The van der Waals surface area contributed by atoms with Crippen LogP contribution in [0.2, 0.25) is 10.0 Å². The van der Waals surface area contributed by atoms with E-state index < -0.39 is 28.8 Å². The Kier molecular flexibility index (Phi) is 6.37. The van der Waals surface area contributed by atoms with Gasteiger partial charge in [-0.15, -0.1) is 0 Å². The fourth-order valence-electron chi connectivity index (χ4n) is 1.79. The average Bonchev–Trinajstić information content (AvgIpc) is 3.05. The van der Waals surface area contributed by atoms with Crippen LogP contribution in [0.4, 0.5) is 11.6 Å². The number of para-hydroxylation sites is 1. The van der Waals surface area contributed by atoms with Crippen LogP contribution in [0.25, 0.3) is 6.08 Å². The summed E-state index contributed by atoms with van der Waals surface area (Å²) in [5.41, 5.74) is 0.210. The van der Waals surface area contributed by atoms with Gasteiger partial charge in [-0.2, -0.15) is 0 Å². The first kappa shape index (κ1) is 19.5. The Labute approximate surface area is 157 Å². The molecule has 0 aliphatic rings. The summed E-state index contributed by atoms with van der Waals surface area (Å²) in [5.74, 6) is -1.83. The third-order valence-electron chi connectivity index (χ3n) is 3.05. The van der Waals surface area contributed by atoms with Crippen LogP contribution >= 0.6 is 23.2 Å². The minimum absolute atomic E-state index is 0.0913. The summed E-state index contributed by atoms with van der Waals surface area (Å²) >= 11 is 11.9. The van der Waals surface area contributed by atoms with Gasteiger partial charge in [0.2, 0.25) is 0 Å². The molecule has 1 aromatic carbocycles. The molecular weight excluding hydrogens is 387 g/mol. The summed E-state index contributed by atoms with van der Waals surface area (Å²) in [6.45, 7) is 1.36. The SMILES string of the molecule is C[C@H](OC(=O)/C=C/c1ccc([N+](=O)[O-])o1)C(=O)Nc1c(Cl)cccc1Cl. The van der Waals surface area contributed by atoms with E-state index in [1.165, 1.54) is 19.1 Å². The fourth-order valence-corrected chi connectivity index (χ4v) is 2.28. The molecule has 0 saturated heterocycles. The Bertz CT molecular complexity index is 857. The highest BCUT2D eigenvalue weighted by Crippen LogP contribution is 2.29. The molecule has 8 nitrogen and oxygen atoms in total. The van der Waals surface area contributed by atoms with Gasteiger partial charge in [-0.05, 0) is 31.2 Å². The lowest BCUT2D eigenvalue weighted by Gasteiger charge is -2.14. The summed E-state index contributed by atoms with van der Waals surface area (Å²) < 4.78 is 9.79. The predicted octanol–water partition coefficient (Wildman–Crippen LogP) is 4.08. The molecule has 26 heavy (non-hydrogen) atoms. The largest absolute Gasteiger partial charge is 0.449 e. The van der Waals surface area contributed by atoms with Crippen LogP contribution < -0.4 is 5.32 Å². The molecule has 0 aliphatic heterocycles. The summed E-state index contributed by atoms with van der Waals surface area (Å²) in [5, 5.41) is 13.5. The standard InChI is InChI=1S/C16H12Cl2N2O6/c1-9(16(22)19-15-11(17)3-2-4-12(15)18)25-14(21)8-6-10-5-7-13(26-10)20(23)24/h2-9H,1H3,(H,19,22)/b8-6+/t9-/m0/s1. The second-order valence-electron chi connectivity index (χ2n) is 4.93. The Hall–Kier alpha value is -2.84. The molecule has 2 aromatic rings. The summed E-state index contributed by atoms with van der Waals surface area (Å²) in [4.78, 5) is 33.6. The number of benzene rings is 1. The van der Waals surface area contributed by atoms with E-state index in [1.807, 2.05) is 0 Å². The topological polar surface area (TPSA) is 112 Å². The average molecular weight is 399 g/mol. The van der Waals surface area contributed by atoms with Gasteiger partial charge in [-0.25, -0.2) is 4.79 Å². The molecule has 0 saturated carbocycles. The molecule has 1 heterocycles. The summed E-state index contributed by atoms with van der Waals surface area (Å²) in [6, 6.07) is 7.18. The van der Waals surface area contributed by atoms with E-state index in [-0.39, 0.29) is 21.5 Å². The van der Waals surface area contributed by atoms with E-state index in [9.17, 15) is 19.7 Å². The lowest BCUT2D eigenvalue weighted by molar-refractivity contribution is -0.402. The van der Waals surface area contributed by atoms with E-state index in [0.717, 1.165) is 12.1 Å². The van der Waals surface area contributed by atoms with E-state index in [1.54, 1.807) is 18.2 Å². The van der Waals surface area contributed by atoms with Gasteiger partial charge in [0.1, 0.15) is 10.7 Å². The highest BCUT2D eigenvalue weighted by Gasteiger charge is 2.19. The maximum absolute atomic E-state index is 12.1. The Morgan fingerprint density at radius 1 is 1.27 bits per heavy atom. The number of carbonyl (C=O) groups is 2. The van der Waals surface area contributed by atoms with Crippen molar-refractivity contribution in [2.24, 2.45) is 0 Å². The van der Waals surface area contributed by atoms with Gasteiger partial charge in [0.05, 0.1) is 21.8 Å². The van der Waals surface area contributed by atoms with Crippen molar-refractivity contribution in [2.45, 2.75) is 13.0 Å². The third-order valence-corrected chi connectivity index (χ3v) is 3.68. The second-order valence-corrected chi connectivity index (χ2v) is 5.75. The van der Waals surface area contributed by atoms with Gasteiger partial charge >= 0.3 is 11.9 Å². The van der Waals surface area contributed by atoms with Crippen LogP contribution in [0.3, 0.4) is 0 Å². The van der Waals surface area contributed by atoms with Gasteiger partial charge in [0.25, 0.3) is 5.91 Å². The van der Waals surface area contributed by atoms with Crippen molar-refractivity contribution < 1.29 is 23.7 Å². The molecule has 0 spiro atoms. The summed E-state index contributed by atoms with van der Waals surface area (Å²) in [6.07, 6.45) is 1.03. The minimum atomic E-state index is -1.13. The number of carbonyl (C=O) groups excluding carboxylic acids is 2. The molecule has 136 valence electrons. The van der Waals surface area contributed by atoms with Crippen LogP contribution in [-0.4, -0.2) is 22.9 Å². The van der Waals surface area contributed by atoms with E-state index >= 15 is 0 Å². The van der Waals surface area contributed by atoms with Crippen LogP contribution in [0, 0.1) is 10.1 Å². The number of rotatable bonds is 6. The van der Waals surface area contributed by atoms with Gasteiger partial charge in [-0.1, -0.05) is 29.3 Å². The number of nitro groups is 1. The third kappa shape index (κ3) is 5.08. The number of ether oxygens (including phenoxy) is 1. The van der Waals surface area contributed by atoms with Crippen LogP contribution in [0.1, 0.15) is 12.7 Å². The molecule has 1 aromatic heterocycles. The number of nitrogens with zero attached hydrogens (tertiary/aromatic N) is 1. The van der Waals surface area contributed by atoms with E-state index in [0.29, 0.717) is 0 Å². The first-order chi connectivity index (χ1) is 12.3. The first-order valence-electron chi connectivity index (χ1n) is 7.15. The highest BCUT2D eigenvalue weighted by molar-refractivity contribution is 6.39. The van der Waals surface area contributed by atoms with Crippen LogP contribution in [0.5, 0.6) is 0 Å². The van der Waals surface area contributed by atoms with Crippen molar-refractivity contribution in [3.63, 3.8) is 0 Å². The molecule has 1 atom stereocenters. The number of halogens is 2. The maximum atomic E-state index is 12.1. The molecule has 2 rings (SSSR count). The van der Waals surface area contributed by atoms with Crippen molar-refractivity contribution in [2.75, 3.05) is 5.32 Å². The van der Waals surface area contributed by atoms with Crippen molar-refractivity contribution in [3.8, 4) is 0 Å². The van der Waals surface area contributed by atoms with Crippen molar-refractivity contribution in [1.82, 2.24) is 0 Å². The monoisotopic (exact) mass is 398 g/mol. The molecule has 0 radical (unpaired) electrons. The molecule has 0 bridgehead atoms. The highest BCUT2D eigenvalue weighted by atomic mass is 35.5. The van der Waals surface area contributed by atoms with Gasteiger partial charge < -0.3 is 14.5 Å². The number of esters is 1. The molecule has 10 heteroatoms. The molecule has 0 aliphatic carbocycles. The molecular formula is C16H12Cl2N2O6. The number of hydrogen-bond acceptors (Lipinski definition) is 6. The Morgan fingerprint density at radius 3 is 2.50 bits per heavy atom. The minimum Gasteiger partial charge on any atom is -0.449 e. The predicted molar refractivity (Wildman–Crippen MR) is 95.0 cm³/mol. The normalized spacial score (nSPS) is 12.0. The van der Waals surface area contributed by atoms with Crippen LogP contribution in [-0.2, 0) is 14.3 Å². The number of furan rings is 1. The molecule has 0 unspecified atom stereocenters. The van der Waals surface area contributed by atoms with Crippen molar-refractivity contribution >= 4 is 52.7 Å². The zero-order valence-electron chi connectivity index (χ0n) is 13.3. The Morgan fingerprint density at radius 2 is 1.92 bits per heavy atom. The molecule has 1 N–H and O–H groups in total. The lowest BCUT2D eigenvalue weighted by Crippen LogP contribution is -2.29. The quantitative estimate of drug-likeness (QED) is 0.339. The van der Waals surface area contributed by atoms with Crippen LogP contribution in [0.15, 0.2) is 40.8 Å². The Balaban J connectivity index is 1.94. The zero-order chi connectivity index (χ0) is 19.3. The molecule has 0 fully saturated rings. The fraction of sp³-hybridized carbons (Fsp3) is 0.125. The van der Waals surface area contributed by atoms with Gasteiger partial charge in [0, 0.05) is 6.08 Å². The number of hydrogen-bond donors (Lipinski definition) is 1. The van der Waals surface area contributed by atoms with Gasteiger partial charge in [0.15, 0.2) is 6.10 Å². The zero-order valence-corrected chi connectivity index (χ0v) is 14.8. The summed E-state index contributed by atoms with van der Waals surface area (Å²) in [7, 11) is 0. The smallest absolute Gasteiger partial charge is 0.433 e. The van der Waals surface area contributed by atoms with Crippen molar-refractivity contribution in [3.05, 3.63) is 62.3 Å². The lowest BCUT2D eigenvalue weighted by atomic mass is 10.3. The number of amides is 1. The maximum Gasteiger partial charge on any atom is 0.433 e. The van der Waals surface area contributed by atoms with E-state index in [2.05, 4.69) is 5.32 Å². The van der Waals surface area contributed by atoms with Gasteiger partial charge in [-0.3, -0.25) is 14.9 Å². The number of nitrogens with one attached hydrogen (secondary N) is 1. The second kappa shape index (κ2) is 8.50. The first-order valence-corrected chi connectivity index (χ1v) is 7.91.